The first-order valence-electron chi connectivity index (χ1n) is 7.06. The molecule has 0 radical (unpaired) electrons. The topological polar surface area (TPSA) is 69.7 Å². The third-order valence-electron chi connectivity index (χ3n) is 2.57. The number of alkyl halides is 3. The second-order valence-corrected chi connectivity index (χ2v) is 6.18. The maximum Gasteiger partial charge on any atom is 0.534 e. The lowest BCUT2D eigenvalue weighted by Crippen LogP contribution is -2.28. The highest BCUT2D eigenvalue weighted by molar-refractivity contribution is 7.87. The van der Waals surface area contributed by atoms with E-state index in [1.54, 1.807) is 6.92 Å². The predicted octanol–water partition coefficient (Wildman–Crippen LogP) is 3.36. The largest absolute Gasteiger partial charge is 0.534 e. The molecule has 0 saturated carbocycles. The first kappa shape index (κ1) is 20.0. The molecule has 5 nitrogen and oxygen atoms in total. The maximum absolute atomic E-state index is 12.1. The van der Waals surface area contributed by atoms with Gasteiger partial charge in [-0.25, -0.2) is 0 Å². The molecule has 0 unspecified atom stereocenters. The lowest BCUT2D eigenvalue weighted by molar-refractivity contribution is -0.143. The molecule has 0 aliphatic heterocycles. The van der Waals surface area contributed by atoms with Crippen LogP contribution in [0.1, 0.15) is 25.3 Å². The molecule has 0 saturated heterocycles. The van der Waals surface area contributed by atoms with Crippen LogP contribution < -0.4 is 4.18 Å². The second kappa shape index (κ2) is 8.72. The Bertz CT molecular complexity index is 659. The van der Waals surface area contributed by atoms with E-state index in [0.29, 0.717) is 12.0 Å². The van der Waals surface area contributed by atoms with Crippen molar-refractivity contribution in [2.24, 2.45) is 0 Å². The molecule has 0 amide bonds. The summed E-state index contributed by atoms with van der Waals surface area (Å²) in [5.74, 6) is -0.843. The molecule has 0 aromatic heterocycles. The van der Waals surface area contributed by atoms with Crippen LogP contribution in [0.2, 0.25) is 0 Å². The van der Waals surface area contributed by atoms with Crippen molar-refractivity contribution in [2.75, 3.05) is 6.61 Å². The first-order valence-corrected chi connectivity index (χ1v) is 8.47. The van der Waals surface area contributed by atoms with E-state index in [1.807, 2.05) is 0 Å². The highest BCUT2D eigenvalue weighted by atomic mass is 32.2. The van der Waals surface area contributed by atoms with E-state index in [0.717, 1.165) is 12.1 Å². The fraction of sp³-hybridized carbons (Fsp3) is 0.400. The summed E-state index contributed by atoms with van der Waals surface area (Å²) >= 11 is 0. The van der Waals surface area contributed by atoms with E-state index in [4.69, 9.17) is 4.74 Å². The van der Waals surface area contributed by atoms with Gasteiger partial charge in [0.2, 0.25) is 0 Å². The van der Waals surface area contributed by atoms with Crippen LogP contribution in [0.5, 0.6) is 5.75 Å². The second-order valence-electron chi connectivity index (χ2n) is 4.64. The molecule has 1 aromatic rings. The zero-order valence-corrected chi connectivity index (χ0v) is 13.7. The lowest BCUT2D eigenvalue weighted by Gasteiger charge is -2.09. The Morgan fingerprint density at radius 1 is 1.17 bits per heavy atom. The van der Waals surface area contributed by atoms with Crippen LogP contribution in [-0.2, 0) is 26.1 Å². The van der Waals surface area contributed by atoms with Gasteiger partial charge in [0.1, 0.15) is 5.75 Å². The highest BCUT2D eigenvalue weighted by Crippen LogP contribution is 2.27. The molecule has 0 spiro atoms. The molecule has 9 heteroatoms. The molecule has 1 aromatic carbocycles. The van der Waals surface area contributed by atoms with Crippen molar-refractivity contribution in [3.8, 4) is 5.75 Å². The van der Waals surface area contributed by atoms with Crippen molar-refractivity contribution in [3.05, 3.63) is 42.0 Å². The third kappa shape index (κ3) is 7.49. The van der Waals surface area contributed by atoms with E-state index >= 15 is 0 Å². The molecule has 0 N–H and O–H groups in total. The normalized spacial score (nSPS) is 12.8. The van der Waals surface area contributed by atoms with Crippen molar-refractivity contribution in [1.29, 1.82) is 0 Å². The van der Waals surface area contributed by atoms with Crippen molar-refractivity contribution in [1.82, 2.24) is 0 Å². The van der Waals surface area contributed by atoms with E-state index in [1.165, 1.54) is 18.6 Å². The quantitative estimate of drug-likeness (QED) is 0.334. The molecule has 1 aliphatic carbocycles. The molecular formula is C15H17F3O5S. The average Bonchev–Trinajstić information content (AvgIpc) is 3.34. The van der Waals surface area contributed by atoms with E-state index < -0.39 is 27.3 Å². The summed E-state index contributed by atoms with van der Waals surface area (Å²) in [6.07, 6.45) is 5.94. The van der Waals surface area contributed by atoms with Gasteiger partial charge in [0.25, 0.3) is 0 Å². The number of rotatable bonds is 6. The van der Waals surface area contributed by atoms with Gasteiger partial charge in [-0.3, -0.25) is 4.79 Å². The molecular weight excluding hydrogens is 349 g/mol. The zero-order valence-electron chi connectivity index (χ0n) is 12.9. The van der Waals surface area contributed by atoms with Gasteiger partial charge in [-0.1, -0.05) is 24.3 Å². The van der Waals surface area contributed by atoms with Crippen LogP contribution in [0.3, 0.4) is 0 Å². The smallest absolute Gasteiger partial charge is 0.466 e. The van der Waals surface area contributed by atoms with E-state index in [-0.39, 0.29) is 13.0 Å². The number of benzene rings is 1. The van der Waals surface area contributed by atoms with Crippen LogP contribution in [-0.4, -0.2) is 26.5 Å². The Labute approximate surface area is 138 Å². The number of ether oxygens (including phenoxy) is 1. The SMILES string of the molecule is C1=CC1.CCOC(=O)CCc1ccc(OS(=O)(=O)C(F)(F)F)cc1. The molecule has 0 fully saturated rings. The summed E-state index contributed by atoms with van der Waals surface area (Å²) < 4.78 is 66.6. The minimum Gasteiger partial charge on any atom is -0.466 e. The molecule has 134 valence electrons. The molecule has 24 heavy (non-hydrogen) atoms. The van der Waals surface area contributed by atoms with E-state index in [2.05, 4.69) is 16.3 Å². The number of halogens is 3. The zero-order chi connectivity index (χ0) is 18.2. The number of carbonyl (C=O) groups is 1. The fourth-order valence-electron chi connectivity index (χ4n) is 1.37. The summed E-state index contributed by atoms with van der Waals surface area (Å²) in [7, 11) is -5.67. The fourth-order valence-corrected chi connectivity index (χ4v) is 1.82. The van der Waals surface area contributed by atoms with Crippen LogP contribution in [0, 0.1) is 0 Å². The van der Waals surface area contributed by atoms with Crippen LogP contribution in [0.4, 0.5) is 13.2 Å². The van der Waals surface area contributed by atoms with Gasteiger partial charge >= 0.3 is 21.6 Å². The molecule has 2 rings (SSSR count). The number of hydrogen-bond acceptors (Lipinski definition) is 5. The number of allylic oxidation sites excluding steroid dienone is 2. The van der Waals surface area contributed by atoms with Gasteiger partial charge in [0.15, 0.2) is 0 Å². The molecule has 1 aliphatic rings. The Hall–Kier alpha value is -2.03. The van der Waals surface area contributed by atoms with Gasteiger partial charge in [-0.15, -0.1) is 0 Å². The van der Waals surface area contributed by atoms with Crippen molar-refractivity contribution >= 4 is 16.1 Å². The van der Waals surface area contributed by atoms with Gasteiger partial charge in [-0.05, 0) is 37.5 Å². The number of esters is 1. The standard InChI is InChI=1S/C12H13F3O5S.C3H4/c1-2-19-11(16)8-5-9-3-6-10(7-4-9)20-21(17,18)12(13,14)15;1-2-3-1/h3-4,6-7H,2,5,8H2,1H3;1-2H,3H2. The third-order valence-corrected chi connectivity index (χ3v) is 3.55. The summed E-state index contributed by atoms with van der Waals surface area (Å²) in [5, 5.41) is 0. The monoisotopic (exact) mass is 366 g/mol. The van der Waals surface area contributed by atoms with E-state index in [9.17, 15) is 26.4 Å². The first-order chi connectivity index (χ1) is 11.2. The summed E-state index contributed by atoms with van der Waals surface area (Å²) in [6.45, 7) is 1.94. The van der Waals surface area contributed by atoms with Crippen LogP contribution in [0.25, 0.3) is 0 Å². The van der Waals surface area contributed by atoms with Gasteiger partial charge in [0, 0.05) is 6.42 Å². The number of hydrogen-bond donors (Lipinski definition) is 0. The summed E-state index contributed by atoms with van der Waals surface area (Å²) in [6, 6.07) is 4.93. The van der Waals surface area contributed by atoms with Crippen molar-refractivity contribution in [2.45, 2.75) is 31.7 Å². The minimum absolute atomic E-state index is 0.120. The molecule has 0 bridgehead atoms. The lowest BCUT2D eigenvalue weighted by atomic mass is 10.1. The summed E-state index contributed by atoms with van der Waals surface area (Å²) in [5.41, 5.74) is -4.84. The molecule has 0 atom stereocenters. The van der Waals surface area contributed by atoms with Crippen LogP contribution >= 0.6 is 0 Å². The Kier molecular flexibility index (Phi) is 7.27. The summed E-state index contributed by atoms with van der Waals surface area (Å²) in [4.78, 5) is 11.1. The van der Waals surface area contributed by atoms with Crippen molar-refractivity contribution < 1.29 is 35.3 Å². The number of carbonyl (C=O) groups excluding carboxylic acids is 1. The highest BCUT2D eigenvalue weighted by Gasteiger charge is 2.48. The predicted molar refractivity (Wildman–Crippen MR) is 80.8 cm³/mol. The van der Waals surface area contributed by atoms with Crippen LogP contribution in [0.15, 0.2) is 36.4 Å². The Morgan fingerprint density at radius 2 is 1.71 bits per heavy atom. The molecule has 0 heterocycles. The van der Waals surface area contributed by atoms with Crippen molar-refractivity contribution in [3.63, 3.8) is 0 Å². The van der Waals surface area contributed by atoms with Gasteiger partial charge < -0.3 is 8.92 Å². The minimum atomic E-state index is -5.67. The number of aryl methyl sites for hydroxylation is 1. The maximum atomic E-state index is 12.1. The van der Waals surface area contributed by atoms with Gasteiger partial charge in [-0.2, -0.15) is 21.6 Å². The van der Waals surface area contributed by atoms with Gasteiger partial charge in [0.05, 0.1) is 6.61 Å². The Balaban J connectivity index is 0.000000857. The average molecular weight is 366 g/mol. The Morgan fingerprint density at radius 3 is 2.12 bits per heavy atom.